The number of carbonyl (C=O) groups is 1. The molecule has 0 spiro atoms. The molecule has 0 N–H and O–H groups in total. The highest BCUT2D eigenvalue weighted by molar-refractivity contribution is 6.33. The van der Waals surface area contributed by atoms with E-state index in [1.165, 1.54) is 18.2 Å². The molecule has 1 unspecified atom stereocenters. The Morgan fingerprint density at radius 1 is 1.32 bits per heavy atom. The van der Waals surface area contributed by atoms with E-state index in [2.05, 4.69) is 10.1 Å². The van der Waals surface area contributed by atoms with Crippen LogP contribution in [0.1, 0.15) is 42.8 Å². The van der Waals surface area contributed by atoms with Gasteiger partial charge < -0.3 is 9.42 Å². The van der Waals surface area contributed by atoms with E-state index in [1.807, 2.05) is 0 Å². The minimum absolute atomic E-state index is 0.0790. The molecule has 2 aromatic rings. The molecule has 0 bridgehead atoms. The van der Waals surface area contributed by atoms with Crippen LogP contribution in [0.2, 0.25) is 5.02 Å². The van der Waals surface area contributed by atoms with E-state index in [-0.39, 0.29) is 16.8 Å². The molecule has 1 aromatic carbocycles. The first-order chi connectivity index (χ1) is 10.6. The van der Waals surface area contributed by atoms with Gasteiger partial charge in [0.15, 0.2) is 5.82 Å². The Kier molecular flexibility index (Phi) is 3.14. The lowest BCUT2D eigenvalue weighted by Gasteiger charge is -2.17. The van der Waals surface area contributed by atoms with E-state index >= 15 is 0 Å². The highest BCUT2D eigenvalue weighted by Crippen LogP contribution is 2.40. The van der Waals surface area contributed by atoms with Gasteiger partial charge in [-0.3, -0.25) is 4.79 Å². The molecular weight excluding hydrogens is 309 g/mol. The summed E-state index contributed by atoms with van der Waals surface area (Å²) >= 11 is 6.04. The topological polar surface area (TPSA) is 59.2 Å². The molecule has 1 aromatic heterocycles. The Morgan fingerprint density at radius 3 is 2.86 bits per heavy atom. The number of carbonyl (C=O) groups excluding carboxylic acids is 1. The quantitative estimate of drug-likeness (QED) is 0.870. The van der Waals surface area contributed by atoms with Crippen molar-refractivity contribution in [3.63, 3.8) is 0 Å². The molecule has 1 saturated heterocycles. The van der Waals surface area contributed by atoms with Gasteiger partial charge in [-0.25, -0.2) is 4.39 Å². The summed E-state index contributed by atoms with van der Waals surface area (Å²) in [7, 11) is 0. The zero-order chi connectivity index (χ0) is 15.3. The number of amides is 1. The van der Waals surface area contributed by atoms with Crippen LogP contribution >= 0.6 is 11.6 Å². The highest BCUT2D eigenvalue weighted by Gasteiger charge is 2.37. The molecule has 4 rings (SSSR count). The van der Waals surface area contributed by atoms with Crippen LogP contribution in [0.3, 0.4) is 0 Å². The Morgan fingerprint density at radius 2 is 2.14 bits per heavy atom. The molecule has 22 heavy (non-hydrogen) atoms. The first-order valence-corrected chi connectivity index (χ1v) is 7.58. The second-order valence-corrected chi connectivity index (χ2v) is 6.17. The zero-order valence-corrected chi connectivity index (χ0v) is 12.4. The van der Waals surface area contributed by atoms with Gasteiger partial charge in [0.2, 0.25) is 11.8 Å². The number of rotatable bonds is 3. The maximum absolute atomic E-state index is 13.1. The minimum atomic E-state index is -0.428. The lowest BCUT2D eigenvalue weighted by molar-refractivity contribution is -0.117. The maximum atomic E-state index is 13.1. The van der Waals surface area contributed by atoms with Crippen LogP contribution in [0, 0.1) is 5.82 Å². The molecule has 114 valence electrons. The fraction of sp³-hybridized carbons (Fsp3) is 0.400. The molecule has 2 fully saturated rings. The molecule has 2 heterocycles. The van der Waals surface area contributed by atoms with Crippen molar-refractivity contribution in [2.45, 2.75) is 31.1 Å². The van der Waals surface area contributed by atoms with Crippen molar-refractivity contribution in [2.75, 3.05) is 11.4 Å². The monoisotopic (exact) mass is 321 g/mol. The third-order valence-electron chi connectivity index (χ3n) is 4.07. The van der Waals surface area contributed by atoms with Crippen molar-refractivity contribution < 1.29 is 13.7 Å². The molecule has 0 radical (unpaired) electrons. The maximum Gasteiger partial charge on any atom is 0.232 e. The Bertz CT molecular complexity index is 744. The van der Waals surface area contributed by atoms with Crippen molar-refractivity contribution in [1.82, 2.24) is 10.1 Å². The van der Waals surface area contributed by atoms with Crippen molar-refractivity contribution in [1.29, 1.82) is 0 Å². The molecule has 1 aliphatic carbocycles. The first kappa shape index (κ1) is 13.7. The third-order valence-corrected chi connectivity index (χ3v) is 4.38. The summed E-state index contributed by atoms with van der Waals surface area (Å²) < 4.78 is 18.4. The number of halogens is 2. The van der Waals surface area contributed by atoms with Crippen LogP contribution in [0.25, 0.3) is 0 Å². The van der Waals surface area contributed by atoms with E-state index in [0.717, 1.165) is 18.7 Å². The van der Waals surface area contributed by atoms with Crippen LogP contribution < -0.4 is 4.90 Å². The number of hydrogen-bond acceptors (Lipinski definition) is 4. The number of hydrogen-bond donors (Lipinski definition) is 0. The number of benzene rings is 1. The van der Waals surface area contributed by atoms with Gasteiger partial charge in [0, 0.05) is 18.9 Å². The Hall–Kier alpha value is -1.95. The van der Waals surface area contributed by atoms with Gasteiger partial charge >= 0.3 is 0 Å². The van der Waals surface area contributed by atoms with E-state index < -0.39 is 5.82 Å². The standard InChI is InChI=1S/C15H13ClFN3O2/c16-11-6-10(17)3-4-12(11)20-7-9(5-13(20)21)15-18-14(19-22-15)8-1-2-8/h3-4,6,8-9H,1-2,5,7H2. The van der Waals surface area contributed by atoms with Crippen LogP contribution in [-0.4, -0.2) is 22.6 Å². The van der Waals surface area contributed by atoms with Crippen LogP contribution in [-0.2, 0) is 4.79 Å². The molecule has 1 aliphatic heterocycles. The normalized spacial score (nSPS) is 21.6. The lowest BCUT2D eigenvalue weighted by Crippen LogP contribution is -2.24. The largest absolute Gasteiger partial charge is 0.339 e. The van der Waals surface area contributed by atoms with Gasteiger partial charge in [-0.15, -0.1) is 0 Å². The van der Waals surface area contributed by atoms with E-state index in [0.29, 0.717) is 30.5 Å². The summed E-state index contributed by atoms with van der Waals surface area (Å²) in [6.45, 7) is 0.413. The third kappa shape index (κ3) is 2.37. The van der Waals surface area contributed by atoms with Crippen molar-refractivity contribution >= 4 is 23.2 Å². The molecular formula is C15H13ClFN3O2. The molecule has 7 heteroatoms. The molecule has 5 nitrogen and oxygen atoms in total. The predicted octanol–water partition coefficient (Wildman–Crippen LogP) is 3.26. The highest BCUT2D eigenvalue weighted by atomic mass is 35.5. The van der Waals surface area contributed by atoms with Crippen LogP contribution in [0.15, 0.2) is 22.7 Å². The minimum Gasteiger partial charge on any atom is -0.339 e. The molecule has 1 saturated carbocycles. The van der Waals surface area contributed by atoms with Gasteiger partial charge in [-0.05, 0) is 31.0 Å². The fourth-order valence-electron chi connectivity index (χ4n) is 2.73. The average molecular weight is 322 g/mol. The van der Waals surface area contributed by atoms with Crippen molar-refractivity contribution in [2.24, 2.45) is 0 Å². The molecule has 2 aliphatic rings. The van der Waals surface area contributed by atoms with Crippen molar-refractivity contribution in [3.8, 4) is 0 Å². The Balaban J connectivity index is 1.57. The number of anilines is 1. The van der Waals surface area contributed by atoms with E-state index in [9.17, 15) is 9.18 Å². The van der Waals surface area contributed by atoms with Gasteiger partial charge in [0.25, 0.3) is 0 Å². The van der Waals surface area contributed by atoms with E-state index in [4.69, 9.17) is 16.1 Å². The van der Waals surface area contributed by atoms with Gasteiger partial charge in [0.1, 0.15) is 5.82 Å². The van der Waals surface area contributed by atoms with Crippen molar-refractivity contribution in [3.05, 3.63) is 40.8 Å². The first-order valence-electron chi connectivity index (χ1n) is 7.20. The average Bonchev–Trinajstić information content (AvgIpc) is 3.08. The summed E-state index contributed by atoms with van der Waals surface area (Å²) in [6, 6.07) is 4.01. The zero-order valence-electron chi connectivity index (χ0n) is 11.6. The number of nitrogens with zero attached hydrogens (tertiary/aromatic N) is 3. The van der Waals surface area contributed by atoms with Gasteiger partial charge in [0.05, 0.1) is 16.6 Å². The number of aromatic nitrogens is 2. The summed E-state index contributed by atoms with van der Waals surface area (Å²) in [4.78, 5) is 18.2. The summed E-state index contributed by atoms with van der Waals surface area (Å²) in [5, 5.41) is 4.20. The second kappa shape index (κ2) is 5.05. The molecule has 1 amide bonds. The van der Waals surface area contributed by atoms with Crippen LogP contribution in [0.4, 0.5) is 10.1 Å². The Labute approximate surface area is 131 Å². The predicted molar refractivity (Wildman–Crippen MR) is 77.4 cm³/mol. The van der Waals surface area contributed by atoms with Gasteiger partial charge in [-0.1, -0.05) is 16.8 Å². The second-order valence-electron chi connectivity index (χ2n) is 5.77. The fourth-order valence-corrected chi connectivity index (χ4v) is 3.00. The van der Waals surface area contributed by atoms with Crippen LogP contribution in [0.5, 0.6) is 0 Å². The van der Waals surface area contributed by atoms with Gasteiger partial charge in [-0.2, -0.15) is 4.98 Å². The summed E-state index contributed by atoms with van der Waals surface area (Å²) in [5.41, 5.74) is 0.512. The SMILES string of the molecule is O=C1CC(c2nc(C3CC3)no2)CN1c1ccc(F)cc1Cl. The van der Waals surface area contributed by atoms with E-state index in [1.54, 1.807) is 4.90 Å². The lowest BCUT2D eigenvalue weighted by atomic mass is 10.1. The molecule has 1 atom stereocenters. The smallest absolute Gasteiger partial charge is 0.232 e. The summed E-state index contributed by atoms with van der Waals surface area (Å²) in [5.74, 6) is 0.996. The summed E-state index contributed by atoms with van der Waals surface area (Å²) in [6.07, 6.45) is 2.49.